The van der Waals surface area contributed by atoms with Crippen molar-refractivity contribution in [2.24, 2.45) is 0 Å². The Morgan fingerprint density at radius 2 is 1.92 bits per heavy atom. The fraction of sp³-hybridized carbons (Fsp3) is 0.0625. The number of carbonyl (C=O) groups is 1. The van der Waals surface area contributed by atoms with Crippen LogP contribution in [0.25, 0.3) is 11.4 Å². The summed E-state index contributed by atoms with van der Waals surface area (Å²) in [5, 5.41) is 4.32. The smallest absolute Gasteiger partial charge is 0.341 e. The maximum atomic E-state index is 13.5. The lowest BCUT2D eigenvalue weighted by molar-refractivity contribution is 0.0424. The average Bonchev–Trinajstić information content (AvgIpc) is 3.02. The first-order valence-electron chi connectivity index (χ1n) is 6.73. The minimum absolute atomic E-state index is 0.0378. The number of nitrogens with zero attached hydrogens (tertiary/aromatic N) is 2. The normalized spacial score (nSPS) is 10.6. The van der Waals surface area contributed by atoms with E-state index >= 15 is 0 Å². The number of hydrogen-bond acceptors (Lipinski definition) is 5. The van der Waals surface area contributed by atoms with E-state index in [4.69, 9.17) is 20.9 Å². The zero-order valence-corrected chi connectivity index (χ0v) is 12.8. The van der Waals surface area contributed by atoms with E-state index in [2.05, 4.69) is 10.1 Å². The first kappa shape index (κ1) is 16.1. The van der Waals surface area contributed by atoms with Gasteiger partial charge in [-0.3, -0.25) is 0 Å². The molecule has 0 saturated carbocycles. The number of halogens is 3. The van der Waals surface area contributed by atoms with Crippen LogP contribution in [0.15, 0.2) is 47.0 Å². The molecule has 0 aliphatic carbocycles. The Kier molecular flexibility index (Phi) is 4.52. The maximum absolute atomic E-state index is 13.5. The van der Waals surface area contributed by atoms with Crippen molar-refractivity contribution in [2.45, 2.75) is 6.61 Å². The third kappa shape index (κ3) is 3.57. The van der Waals surface area contributed by atoms with Crippen LogP contribution in [0.3, 0.4) is 0 Å². The Morgan fingerprint density at radius 3 is 2.62 bits per heavy atom. The van der Waals surface area contributed by atoms with Crippen LogP contribution in [0.5, 0.6) is 0 Å². The number of esters is 1. The number of aromatic nitrogens is 2. The van der Waals surface area contributed by atoms with Crippen molar-refractivity contribution in [2.75, 3.05) is 0 Å². The molecule has 0 fully saturated rings. The summed E-state index contributed by atoms with van der Waals surface area (Å²) in [5.74, 6) is -2.42. The van der Waals surface area contributed by atoms with Gasteiger partial charge in [-0.1, -0.05) is 16.8 Å². The molecule has 1 aromatic heterocycles. The number of carbonyl (C=O) groups excluding carboxylic acids is 1. The Balaban J connectivity index is 1.67. The van der Waals surface area contributed by atoms with E-state index in [1.807, 2.05) is 0 Å². The van der Waals surface area contributed by atoms with E-state index in [0.29, 0.717) is 22.5 Å². The van der Waals surface area contributed by atoms with Crippen molar-refractivity contribution in [3.8, 4) is 11.4 Å². The summed E-state index contributed by atoms with van der Waals surface area (Å²) < 4.78 is 36.1. The molecule has 122 valence electrons. The third-order valence-electron chi connectivity index (χ3n) is 3.05. The number of benzene rings is 2. The van der Waals surface area contributed by atoms with E-state index in [-0.39, 0.29) is 18.1 Å². The Morgan fingerprint density at radius 1 is 1.17 bits per heavy atom. The minimum Gasteiger partial charge on any atom is -0.452 e. The van der Waals surface area contributed by atoms with Crippen molar-refractivity contribution in [1.82, 2.24) is 10.1 Å². The van der Waals surface area contributed by atoms with Crippen LogP contribution in [0.1, 0.15) is 16.2 Å². The lowest BCUT2D eigenvalue weighted by atomic mass is 10.2. The van der Waals surface area contributed by atoms with Gasteiger partial charge < -0.3 is 9.26 Å². The minimum atomic E-state index is -1.01. The third-order valence-corrected chi connectivity index (χ3v) is 3.30. The maximum Gasteiger partial charge on any atom is 0.341 e. The molecule has 0 N–H and O–H groups in total. The summed E-state index contributed by atoms with van der Waals surface area (Å²) in [6.07, 6.45) is 0. The van der Waals surface area contributed by atoms with Crippen LogP contribution in [0.2, 0.25) is 5.02 Å². The Bertz CT molecular complexity index is 881. The summed E-state index contributed by atoms with van der Waals surface area (Å²) in [6, 6.07) is 9.31. The van der Waals surface area contributed by atoms with Crippen molar-refractivity contribution >= 4 is 17.6 Å². The zero-order valence-electron chi connectivity index (χ0n) is 12.0. The molecule has 0 radical (unpaired) electrons. The molecule has 8 heteroatoms. The molecule has 0 atom stereocenters. The van der Waals surface area contributed by atoms with Gasteiger partial charge in [0.05, 0.1) is 5.56 Å². The molecule has 24 heavy (non-hydrogen) atoms. The summed E-state index contributed by atoms with van der Waals surface area (Å²) in [5.41, 5.74) is 0.291. The molecule has 0 unspecified atom stereocenters. The second-order valence-corrected chi connectivity index (χ2v) is 5.16. The standard InChI is InChI=1S/C16H9ClF2N2O3/c17-10-3-1-9(2-4-10)15-20-14(24-21-15)8-23-16(22)12-6-5-11(18)7-13(12)19/h1-7H,8H2. The first-order valence-corrected chi connectivity index (χ1v) is 7.11. The van der Waals surface area contributed by atoms with E-state index in [1.165, 1.54) is 0 Å². The van der Waals surface area contributed by atoms with Gasteiger partial charge in [0.25, 0.3) is 5.89 Å². The molecule has 0 spiro atoms. The molecule has 0 saturated heterocycles. The molecule has 2 aromatic carbocycles. The molecule has 1 heterocycles. The van der Waals surface area contributed by atoms with Gasteiger partial charge in [0, 0.05) is 16.7 Å². The quantitative estimate of drug-likeness (QED) is 0.665. The van der Waals surface area contributed by atoms with Gasteiger partial charge in [-0.05, 0) is 36.4 Å². The van der Waals surface area contributed by atoms with Gasteiger partial charge in [-0.2, -0.15) is 4.98 Å². The molecule has 0 amide bonds. The lowest BCUT2D eigenvalue weighted by Gasteiger charge is -2.03. The fourth-order valence-electron chi connectivity index (χ4n) is 1.89. The van der Waals surface area contributed by atoms with Crippen molar-refractivity contribution in [3.63, 3.8) is 0 Å². The van der Waals surface area contributed by atoms with Gasteiger partial charge in [-0.15, -0.1) is 0 Å². The van der Waals surface area contributed by atoms with Crippen molar-refractivity contribution < 1.29 is 22.8 Å². The van der Waals surface area contributed by atoms with Gasteiger partial charge in [0.2, 0.25) is 5.82 Å². The summed E-state index contributed by atoms with van der Waals surface area (Å²) in [4.78, 5) is 15.8. The molecule has 0 aliphatic rings. The van der Waals surface area contributed by atoms with Gasteiger partial charge >= 0.3 is 5.97 Å². The second kappa shape index (κ2) is 6.76. The van der Waals surface area contributed by atoms with Crippen molar-refractivity contribution in [1.29, 1.82) is 0 Å². The molecule has 3 aromatic rings. The van der Waals surface area contributed by atoms with E-state index in [1.54, 1.807) is 24.3 Å². The molecule has 5 nitrogen and oxygen atoms in total. The first-order chi connectivity index (χ1) is 11.5. The largest absolute Gasteiger partial charge is 0.452 e. The predicted octanol–water partition coefficient (Wildman–Crippen LogP) is 4.03. The van der Waals surface area contributed by atoms with Gasteiger partial charge in [0.1, 0.15) is 11.6 Å². The van der Waals surface area contributed by atoms with Crippen molar-refractivity contribution in [3.05, 3.63) is 70.6 Å². The van der Waals surface area contributed by atoms with E-state index in [9.17, 15) is 13.6 Å². The molecular weight excluding hydrogens is 342 g/mol. The van der Waals surface area contributed by atoms with Crippen LogP contribution in [-0.4, -0.2) is 16.1 Å². The number of ether oxygens (including phenoxy) is 1. The summed E-state index contributed by atoms with van der Waals surface area (Å²) >= 11 is 5.79. The van der Waals surface area contributed by atoms with Crippen LogP contribution >= 0.6 is 11.6 Å². The molecule has 3 rings (SSSR count). The zero-order chi connectivity index (χ0) is 17.1. The van der Waals surface area contributed by atoms with Gasteiger partial charge in [0.15, 0.2) is 6.61 Å². The van der Waals surface area contributed by atoms with Gasteiger partial charge in [-0.25, -0.2) is 13.6 Å². The molecular formula is C16H9ClF2N2O3. The average molecular weight is 351 g/mol. The number of rotatable bonds is 4. The second-order valence-electron chi connectivity index (χ2n) is 4.72. The lowest BCUT2D eigenvalue weighted by Crippen LogP contribution is -2.08. The summed E-state index contributed by atoms with van der Waals surface area (Å²) in [6.45, 7) is -0.337. The molecule has 0 bridgehead atoms. The van der Waals surface area contributed by atoms with Crippen LogP contribution in [0.4, 0.5) is 8.78 Å². The summed E-state index contributed by atoms with van der Waals surface area (Å²) in [7, 11) is 0. The highest BCUT2D eigenvalue weighted by Gasteiger charge is 2.16. The fourth-order valence-corrected chi connectivity index (χ4v) is 2.02. The topological polar surface area (TPSA) is 65.2 Å². The highest BCUT2D eigenvalue weighted by atomic mass is 35.5. The van der Waals surface area contributed by atoms with Crippen LogP contribution < -0.4 is 0 Å². The van der Waals surface area contributed by atoms with E-state index in [0.717, 1.165) is 12.1 Å². The predicted molar refractivity (Wildman–Crippen MR) is 80.2 cm³/mol. The Hall–Kier alpha value is -2.80. The SMILES string of the molecule is O=C(OCc1nc(-c2ccc(Cl)cc2)no1)c1ccc(F)cc1F. The monoisotopic (exact) mass is 350 g/mol. The van der Waals surface area contributed by atoms with Crippen LogP contribution in [0, 0.1) is 11.6 Å². The number of hydrogen-bond donors (Lipinski definition) is 0. The highest BCUT2D eigenvalue weighted by molar-refractivity contribution is 6.30. The van der Waals surface area contributed by atoms with Crippen LogP contribution in [-0.2, 0) is 11.3 Å². The van der Waals surface area contributed by atoms with E-state index < -0.39 is 17.6 Å². The Labute approximate surface area is 139 Å². The molecule has 0 aliphatic heterocycles. The highest BCUT2D eigenvalue weighted by Crippen LogP contribution is 2.19.